The number of aromatic nitrogens is 2. The first-order valence-corrected chi connectivity index (χ1v) is 11.7. The summed E-state index contributed by atoms with van der Waals surface area (Å²) >= 11 is 0. The van der Waals surface area contributed by atoms with E-state index < -0.39 is 11.6 Å². The molecule has 0 bridgehead atoms. The highest BCUT2D eigenvalue weighted by Crippen LogP contribution is 2.36. The summed E-state index contributed by atoms with van der Waals surface area (Å²) in [5.41, 5.74) is 2.10. The van der Waals surface area contributed by atoms with Gasteiger partial charge in [0.05, 0.1) is 32.1 Å². The summed E-state index contributed by atoms with van der Waals surface area (Å²) < 4.78 is 45.9. The SMILES string of the molecule is CCCCO[C@@H]1CCC[C@H]1Nc1c(CNc2c(F)c(OC)cc(OC)c2F)cnc2[nH]ccc12. The molecule has 184 valence electrons. The molecule has 4 rings (SSSR count). The highest BCUT2D eigenvalue weighted by molar-refractivity contribution is 5.91. The number of nitrogens with one attached hydrogen (secondary N) is 3. The first kappa shape index (κ1) is 24.1. The van der Waals surface area contributed by atoms with Crippen LogP contribution in [0, 0.1) is 11.6 Å². The second-order valence-corrected chi connectivity index (χ2v) is 8.48. The van der Waals surface area contributed by atoms with Crippen LogP contribution in [0.25, 0.3) is 11.0 Å². The molecule has 2 atom stereocenters. The predicted octanol–water partition coefficient (Wildman–Crippen LogP) is 5.62. The summed E-state index contributed by atoms with van der Waals surface area (Å²) in [6.45, 7) is 3.05. The van der Waals surface area contributed by atoms with E-state index in [9.17, 15) is 8.78 Å². The Balaban J connectivity index is 1.60. The molecule has 3 aromatic rings. The zero-order valence-electron chi connectivity index (χ0n) is 19.8. The van der Waals surface area contributed by atoms with Crippen LogP contribution in [0.15, 0.2) is 24.5 Å². The van der Waals surface area contributed by atoms with E-state index in [2.05, 4.69) is 27.5 Å². The van der Waals surface area contributed by atoms with Crippen molar-refractivity contribution in [3.05, 3.63) is 41.7 Å². The number of benzene rings is 1. The molecule has 0 spiro atoms. The van der Waals surface area contributed by atoms with Gasteiger partial charge in [-0.15, -0.1) is 0 Å². The Labute approximate surface area is 198 Å². The fraction of sp³-hybridized carbons (Fsp3) is 0.480. The topological polar surface area (TPSA) is 80.4 Å². The van der Waals surface area contributed by atoms with Gasteiger partial charge in [-0.2, -0.15) is 0 Å². The van der Waals surface area contributed by atoms with Crippen molar-refractivity contribution in [1.29, 1.82) is 0 Å². The molecular formula is C25H32F2N4O3. The van der Waals surface area contributed by atoms with Crippen LogP contribution in [-0.2, 0) is 11.3 Å². The van der Waals surface area contributed by atoms with Crippen LogP contribution < -0.4 is 20.1 Å². The number of rotatable bonds is 11. The van der Waals surface area contributed by atoms with Crippen molar-refractivity contribution in [3.8, 4) is 11.5 Å². The number of H-pyrrole nitrogens is 1. The Hall–Kier alpha value is -3.07. The third-order valence-corrected chi connectivity index (χ3v) is 6.31. The first-order valence-electron chi connectivity index (χ1n) is 11.7. The van der Waals surface area contributed by atoms with Gasteiger partial charge in [-0.05, 0) is 31.7 Å². The van der Waals surface area contributed by atoms with E-state index >= 15 is 0 Å². The minimum absolute atomic E-state index is 0.101. The van der Waals surface area contributed by atoms with Gasteiger partial charge in [0.2, 0.25) is 0 Å². The zero-order valence-corrected chi connectivity index (χ0v) is 19.8. The number of fused-ring (bicyclic) bond motifs is 1. The molecule has 1 aliphatic carbocycles. The number of nitrogens with zero attached hydrogens (tertiary/aromatic N) is 1. The maximum Gasteiger partial charge on any atom is 0.191 e. The number of anilines is 2. The number of methoxy groups -OCH3 is 2. The maximum absolute atomic E-state index is 14.8. The van der Waals surface area contributed by atoms with Gasteiger partial charge in [0.15, 0.2) is 23.1 Å². The van der Waals surface area contributed by atoms with Crippen LogP contribution >= 0.6 is 0 Å². The van der Waals surface area contributed by atoms with Gasteiger partial charge in [0.1, 0.15) is 11.3 Å². The predicted molar refractivity (Wildman–Crippen MR) is 129 cm³/mol. The lowest BCUT2D eigenvalue weighted by Crippen LogP contribution is -2.31. The van der Waals surface area contributed by atoms with Crippen molar-refractivity contribution in [1.82, 2.24) is 9.97 Å². The lowest BCUT2D eigenvalue weighted by atomic mass is 10.1. The van der Waals surface area contributed by atoms with E-state index in [1.807, 2.05) is 12.3 Å². The second kappa shape index (κ2) is 10.9. The molecule has 1 aromatic carbocycles. The second-order valence-electron chi connectivity index (χ2n) is 8.48. The van der Waals surface area contributed by atoms with Gasteiger partial charge < -0.3 is 29.8 Å². The molecule has 0 amide bonds. The molecule has 0 unspecified atom stereocenters. The Kier molecular flexibility index (Phi) is 7.72. The van der Waals surface area contributed by atoms with E-state index in [1.165, 1.54) is 20.3 Å². The number of hydrogen-bond donors (Lipinski definition) is 3. The highest BCUT2D eigenvalue weighted by atomic mass is 19.1. The Bertz CT molecular complexity index is 1090. The van der Waals surface area contributed by atoms with Crippen molar-refractivity contribution in [2.75, 3.05) is 31.5 Å². The van der Waals surface area contributed by atoms with Gasteiger partial charge in [0.25, 0.3) is 0 Å². The molecule has 1 aliphatic rings. The van der Waals surface area contributed by atoms with Gasteiger partial charge in [-0.1, -0.05) is 13.3 Å². The zero-order chi connectivity index (χ0) is 24.1. The lowest BCUT2D eigenvalue weighted by molar-refractivity contribution is 0.0501. The summed E-state index contributed by atoms with van der Waals surface area (Å²) in [6, 6.07) is 3.29. The molecule has 2 heterocycles. The van der Waals surface area contributed by atoms with Crippen LogP contribution in [0.2, 0.25) is 0 Å². The summed E-state index contributed by atoms with van der Waals surface area (Å²) in [6.07, 6.45) is 8.90. The molecule has 0 aliphatic heterocycles. The normalized spacial score (nSPS) is 17.8. The summed E-state index contributed by atoms with van der Waals surface area (Å²) in [5.74, 6) is -1.83. The molecular weight excluding hydrogens is 442 g/mol. The van der Waals surface area contributed by atoms with E-state index in [0.29, 0.717) is 0 Å². The third kappa shape index (κ3) is 4.89. The van der Waals surface area contributed by atoms with Crippen molar-refractivity contribution in [2.24, 2.45) is 0 Å². The van der Waals surface area contributed by atoms with Crippen LogP contribution in [0.5, 0.6) is 11.5 Å². The van der Waals surface area contributed by atoms with E-state index in [1.54, 1.807) is 6.20 Å². The molecule has 2 aromatic heterocycles. The largest absolute Gasteiger partial charge is 0.493 e. The molecule has 0 radical (unpaired) electrons. The van der Waals surface area contributed by atoms with Crippen molar-refractivity contribution >= 4 is 22.4 Å². The molecule has 7 nitrogen and oxygen atoms in total. The number of halogens is 2. The Morgan fingerprint density at radius 2 is 1.88 bits per heavy atom. The fourth-order valence-corrected chi connectivity index (χ4v) is 4.43. The quantitative estimate of drug-likeness (QED) is 0.313. The first-order chi connectivity index (χ1) is 16.6. The smallest absolute Gasteiger partial charge is 0.191 e. The molecule has 1 saturated carbocycles. The number of unbranched alkanes of at least 4 members (excludes halogenated alkanes) is 1. The van der Waals surface area contributed by atoms with Crippen molar-refractivity contribution < 1.29 is 23.0 Å². The molecule has 3 N–H and O–H groups in total. The standard InChI is InChI=1S/C25H32F2N4O3/c1-4-5-11-34-18-8-6-7-17(18)31-23-15(14-30-25-16(23)9-10-28-25)13-29-24-21(26)19(32-2)12-20(33-3)22(24)27/h9-10,12,14,17-18,29H,4-8,11,13H2,1-3H3,(H2,28,30,31)/t17-,18-/m1/s1. The molecule has 9 heteroatoms. The number of hydrogen-bond acceptors (Lipinski definition) is 6. The number of pyridine rings is 1. The minimum Gasteiger partial charge on any atom is -0.493 e. The van der Waals surface area contributed by atoms with Crippen LogP contribution in [0.4, 0.5) is 20.2 Å². The van der Waals surface area contributed by atoms with E-state index in [-0.39, 0.29) is 35.9 Å². The Morgan fingerprint density at radius 1 is 1.12 bits per heavy atom. The summed E-state index contributed by atoms with van der Waals surface area (Å²) in [5, 5.41) is 7.47. The van der Waals surface area contributed by atoms with Gasteiger partial charge in [-0.3, -0.25) is 0 Å². The van der Waals surface area contributed by atoms with E-state index in [4.69, 9.17) is 14.2 Å². The van der Waals surface area contributed by atoms with Crippen molar-refractivity contribution in [2.45, 2.75) is 57.7 Å². The molecule has 34 heavy (non-hydrogen) atoms. The van der Waals surface area contributed by atoms with Crippen molar-refractivity contribution in [3.63, 3.8) is 0 Å². The van der Waals surface area contributed by atoms with Gasteiger partial charge >= 0.3 is 0 Å². The highest BCUT2D eigenvalue weighted by Gasteiger charge is 2.29. The molecule has 0 saturated heterocycles. The average molecular weight is 475 g/mol. The van der Waals surface area contributed by atoms with Gasteiger partial charge in [0, 0.05) is 42.6 Å². The monoisotopic (exact) mass is 474 g/mol. The average Bonchev–Trinajstić information content (AvgIpc) is 3.50. The van der Waals surface area contributed by atoms with Gasteiger partial charge in [-0.25, -0.2) is 13.8 Å². The lowest BCUT2D eigenvalue weighted by Gasteiger charge is -2.24. The number of aromatic amines is 1. The van der Waals surface area contributed by atoms with Crippen LogP contribution in [-0.4, -0.2) is 42.9 Å². The molecule has 1 fully saturated rings. The minimum atomic E-state index is -0.814. The maximum atomic E-state index is 14.8. The van der Waals surface area contributed by atoms with Crippen LogP contribution in [0.1, 0.15) is 44.6 Å². The Morgan fingerprint density at radius 3 is 2.59 bits per heavy atom. The fourth-order valence-electron chi connectivity index (χ4n) is 4.43. The number of ether oxygens (including phenoxy) is 3. The third-order valence-electron chi connectivity index (χ3n) is 6.31. The summed E-state index contributed by atoms with van der Waals surface area (Å²) in [7, 11) is 2.65. The van der Waals surface area contributed by atoms with E-state index in [0.717, 1.165) is 61.0 Å². The van der Waals surface area contributed by atoms with Crippen LogP contribution in [0.3, 0.4) is 0 Å². The summed E-state index contributed by atoms with van der Waals surface area (Å²) in [4.78, 5) is 7.61.